The lowest BCUT2D eigenvalue weighted by Gasteiger charge is -2.32. The van der Waals surface area contributed by atoms with E-state index in [2.05, 4.69) is 11.1 Å². The highest BCUT2D eigenvalue weighted by Gasteiger charge is 2.46. The summed E-state index contributed by atoms with van der Waals surface area (Å²) in [6.07, 6.45) is 9.34. The van der Waals surface area contributed by atoms with Crippen LogP contribution in [-0.2, 0) is 4.74 Å². The number of hydrogen-bond donors (Lipinski definition) is 1. The molecule has 0 aliphatic carbocycles. The lowest BCUT2D eigenvalue weighted by Crippen LogP contribution is -2.51. The molecule has 0 saturated carbocycles. The molecular formula is C41H52N4O8S. The number of aliphatic hydroxyl groups excluding tert-OH is 1. The molecule has 1 N–H and O–H groups in total. The number of fused-ring (bicyclic) bond motifs is 4. The van der Waals surface area contributed by atoms with Gasteiger partial charge in [-0.2, -0.15) is 11.8 Å². The Balaban J connectivity index is 1.09. The molecule has 54 heavy (non-hydrogen) atoms. The highest BCUT2D eigenvalue weighted by Crippen LogP contribution is 2.41. The van der Waals surface area contributed by atoms with Gasteiger partial charge in [0.2, 0.25) is 0 Å². The average molecular weight is 761 g/mol. The van der Waals surface area contributed by atoms with Crippen LogP contribution in [0.4, 0.5) is 16.2 Å². The quantitative estimate of drug-likeness (QED) is 0.178. The molecule has 2 saturated heterocycles. The van der Waals surface area contributed by atoms with Gasteiger partial charge in [0.25, 0.3) is 11.8 Å². The van der Waals surface area contributed by atoms with Gasteiger partial charge in [-0.05, 0) is 90.7 Å². The van der Waals surface area contributed by atoms with Crippen LogP contribution in [-0.4, -0.2) is 108 Å². The number of methoxy groups -OCH3 is 1. The number of aliphatic hydroxyl groups is 1. The number of carbonyl (C=O) groups is 3. The Bertz CT molecular complexity index is 1870. The molecule has 0 bridgehead atoms. The number of hydrogen-bond acceptors (Lipinski definition) is 10. The van der Waals surface area contributed by atoms with Crippen LogP contribution in [0, 0.1) is 6.92 Å². The normalized spacial score (nSPS) is 22.1. The molecule has 0 radical (unpaired) electrons. The Kier molecular flexibility index (Phi) is 12.0. The van der Waals surface area contributed by atoms with Crippen molar-refractivity contribution in [3.05, 3.63) is 64.3 Å². The zero-order valence-electron chi connectivity index (χ0n) is 32.3. The van der Waals surface area contributed by atoms with Gasteiger partial charge in [0, 0.05) is 36.2 Å². The fraction of sp³-hybridized carbons (Fsp3) is 0.512. The Morgan fingerprint density at radius 1 is 0.926 bits per heavy atom. The number of carbonyl (C=O) groups excluding carboxylic acids is 3. The first-order valence-electron chi connectivity index (χ1n) is 18.6. The van der Waals surface area contributed by atoms with Crippen molar-refractivity contribution in [1.29, 1.82) is 0 Å². The zero-order chi connectivity index (χ0) is 38.7. The van der Waals surface area contributed by atoms with E-state index in [-0.39, 0.29) is 34.9 Å². The zero-order valence-corrected chi connectivity index (χ0v) is 33.2. The van der Waals surface area contributed by atoms with Crippen molar-refractivity contribution < 1.29 is 38.4 Å². The number of rotatable bonds is 12. The number of amides is 3. The van der Waals surface area contributed by atoms with Crippen LogP contribution in [0.25, 0.3) is 0 Å². The van der Waals surface area contributed by atoms with Crippen LogP contribution in [0.3, 0.4) is 0 Å². The second-order valence-electron chi connectivity index (χ2n) is 14.8. The smallest absolute Gasteiger partial charge is 0.416 e. The summed E-state index contributed by atoms with van der Waals surface area (Å²) in [5.74, 6) is 1.24. The molecule has 4 aliphatic heterocycles. The Hall–Kier alpha value is -4.49. The lowest BCUT2D eigenvalue weighted by atomic mass is 10.1. The number of thioether (sulfide) groups is 1. The molecule has 0 aromatic heterocycles. The summed E-state index contributed by atoms with van der Waals surface area (Å²) >= 11 is 1.57. The molecule has 12 nitrogen and oxygen atoms in total. The lowest BCUT2D eigenvalue weighted by molar-refractivity contribution is 0.0486. The topological polar surface area (TPSA) is 130 Å². The molecule has 13 heteroatoms. The average Bonchev–Trinajstić information content (AvgIpc) is 3.76. The van der Waals surface area contributed by atoms with Gasteiger partial charge >= 0.3 is 6.09 Å². The first kappa shape index (κ1) is 39.2. The molecule has 3 amide bonds. The van der Waals surface area contributed by atoms with E-state index in [4.69, 9.17) is 18.9 Å². The largest absolute Gasteiger partial charge is 0.493 e. The molecule has 6 rings (SSSR count). The maximum atomic E-state index is 13.9. The second kappa shape index (κ2) is 16.5. The van der Waals surface area contributed by atoms with Crippen LogP contribution in [0.15, 0.2) is 52.6 Å². The van der Waals surface area contributed by atoms with Crippen molar-refractivity contribution in [3.63, 3.8) is 0 Å². The molecule has 4 heterocycles. The SMILES string of the molecule is CC=C1C[C@H]2C=Nc3cc(OCCCCCOc4cc5c(cc4C)C(=O)N4CC(=CC)C[C@H]4C(O)N5C(=O)OCC(C)(C)SC)c(OC)cc3C(=O)N2C1. The number of nitrogens with zero attached hydrogens (tertiary/aromatic N) is 4. The highest BCUT2D eigenvalue weighted by atomic mass is 32.2. The van der Waals surface area contributed by atoms with Crippen LogP contribution in [0.1, 0.15) is 86.1 Å². The number of ether oxygens (including phenoxy) is 4. The predicted octanol–water partition coefficient (Wildman–Crippen LogP) is 7.09. The summed E-state index contributed by atoms with van der Waals surface area (Å²) < 4.78 is 23.4. The molecule has 3 atom stereocenters. The first-order valence-corrected chi connectivity index (χ1v) is 19.9. The number of aryl methyl sites for hydroxylation is 1. The van der Waals surface area contributed by atoms with Crippen LogP contribution in [0.5, 0.6) is 17.2 Å². The molecular weight excluding hydrogens is 709 g/mol. The number of aliphatic imine (C=N–C) groups is 1. The van der Waals surface area contributed by atoms with Gasteiger partial charge < -0.3 is 33.9 Å². The van der Waals surface area contributed by atoms with Gasteiger partial charge in [-0.3, -0.25) is 14.6 Å². The van der Waals surface area contributed by atoms with Crippen molar-refractivity contribution in [2.45, 2.75) is 89.8 Å². The third-order valence-corrected chi connectivity index (χ3v) is 11.9. The fourth-order valence-corrected chi connectivity index (χ4v) is 7.41. The molecule has 0 spiro atoms. The van der Waals surface area contributed by atoms with Crippen molar-refractivity contribution >= 4 is 47.3 Å². The van der Waals surface area contributed by atoms with E-state index >= 15 is 0 Å². The van der Waals surface area contributed by atoms with Gasteiger partial charge in [-0.25, -0.2) is 9.69 Å². The van der Waals surface area contributed by atoms with Gasteiger partial charge in [-0.15, -0.1) is 0 Å². The molecule has 4 aliphatic rings. The van der Waals surface area contributed by atoms with Crippen LogP contribution in [0.2, 0.25) is 0 Å². The predicted molar refractivity (Wildman–Crippen MR) is 211 cm³/mol. The fourth-order valence-electron chi connectivity index (χ4n) is 7.23. The number of unbranched alkanes of at least 4 members (excludes halogenated alkanes) is 2. The Morgan fingerprint density at radius 2 is 1.59 bits per heavy atom. The maximum absolute atomic E-state index is 13.9. The first-order chi connectivity index (χ1) is 25.9. The van der Waals surface area contributed by atoms with E-state index in [0.29, 0.717) is 66.8 Å². The third kappa shape index (κ3) is 7.98. The summed E-state index contributed by atoms with van der Waals surface area (Å²) in [4.78, 5) is 50.4. The molecule has 2 aromatic carbocycles. The molecule has 290 valence electrons. The number of allylic oxidation sites excluding steroid dienone is 2. The standard InChI is InChI=1S/C41H52N4O8S/c1-8-26-16-28-21-42-31-19-36(35(50-6)18-29(31)37(46)43(28)22-26)52-14-12-10-11-13-51-34-20-32-30(15-25(34)3)38(47)44-23-27(9-2)17-33(44)39(48)45(32)40(49)53-24-41(4,5)54-7/h8-9,15,18-21,28,33,39,48H,10-14,16-17,22-24H2,1-7H3/t28-,33-,39?/m0/s1. The van der Waals surface area contributed by atoms with E-state index in [1.807, 2.05) is 58.1 Å². The summed E-state index contributed by atoms with van der Waals surface area (Å²) in [6.45, 7) is 11.7. The number of anilines is 1. The van der Waals surface area contributed by atoms with E-state index in [9.17, 15) is 19.5 Å². The molecule has 2 aromatic rings. The summed E-state index contributed by atoms with van der Waals surface area (Å²) in [5.41, 5.74) is 4.67. The number of benzene rings is 2. The minimum absolute atomic E-state index is 0.0558. The van der Waals surface area contributed by atoms with Crippen LogP contribution < -0.4 is 19.1 Å². The monoisotopic (exact) mass is 760 g/mol. The molecule has 1 unspecified atom stereocenters. The van der Waals surface area contributed by atoms with E-state index in [1.165, 1.54) is 10.5 Å². The summed E-state index contributed by atoms with van der Waals surface area (Å²) in [6, 6.07) is 6.26. The van der Waals surface area contributed by atoms with Gasteiger partial charge in [-0.1, -0.05) is 23.3 Å². The van der Waals surface area contributed by atoms with Crippen molar-refractivity contribution in [2.24, 2.45) is 4.99 Å². The van der Waals surface area contributed by atoms with E-state index < -0.39 is 18.4 Å². The Morgan fingerprint density at radius 3 is 2.28 bits per heavy atom. The second-order valence-corrected chi connectivity index (χ2v) is 16.3. The van der Waals surface area contributed by atoms with E-state index in [1.54, 1.807) is 48.0 Å². The minimum Gasteiger partial charge on any atom is -0.493 e. The van der Waals surface area contributed by atoms with Crippen molar-refractivity contribution in [1.82, 2.24) is 9.80 Å². The highest BCUT2D eigenvalue weighted by molar-refractivity contribution is 7.99. The summed E-state index contributed by atoms with van der Waals surface area (Å²) in [7, 11) is 1.56. The minimum atomic E-state index is -1.30. The van der Waals surface area contributed by atoms with Gasteiger partial charge in [0.15, 0.2) is 17.7 Å². The summed E-state index contributed by atoms with van der Waals surface area (Å²) in [5, 5.41) is 11.7. The Labute approximate surface area is 322 Å². The van der Waals surface area contributed by atoms with E-state index in [0.717, 1.165) is 36.8 Å². The van der Waals surface area contributed by atoms with Gasteiger partial charge in [0.1, 0.15) is 12.4 Å². The van der Waals surface area contributed by atoms with Crippen LogP contribution >= 0.6 is 11.8 Å². The van der Waals surface area contributed by atoms with Crippen molar-refractivity contribution in [2.75, 3.05) is 51.2 Å². The molecule has 2 fully saturated rings. The third-order valence-electron chi connectivity index (χ3n) is 10.7. The van der Waals surface area contributed by atoms with Gasteiger partial charge in [0.05, 0.1) is 54.9 Å². The maximum Gasteiger partial charge on any atom is 0.416 e. The van der Waals surface area contributed by atoms with Crippen molar-refractivity contribution in [3.8, 4) is 17.2 Å².